The molecule has 0 bridgehead atoms. The second-order valence-corrected chi connectivity index (χ2v) is 5.72. The van der Waals surface area contributed by atoms with E-state index in [0.717, 1.165) is 22.1 Å². The molecule has 4 rings (SSSR count). The maximum atomic E-state index is 4.44. The van der Waals surface area contributed by atoms with Gasteiger partial charge in [0.25, 0.3) is 0 Å². The van der Waals surface area contributed by atoms with Gasteiger partial charge in [0.1, 0.15) is 11.4 Å². The van der Waals surface area contributed by atoms with Gasteiger partial charge in [0.2, 0.25) is 0 Å². The monoisotopic (exact) mass is 336 g/mol. The summed E-state index contributed by atoms with van der Waals surface area (Å²) in [7, 11) is 0. The lowest BCUT2D eigenvalue weighted by Gasteiger charge is -2.01. The lowest BCUT2D eigenvalue weighted by molar-refractivity contribution is 1.19. The molecule has 0 heterocycles. The molecule has 0 aliphatic rings. The number of hydrogen-bond acceptors (Lipinski definition) is 4. The van der Waals surface area contributed by atoms with Crippen molar-refractivity contribution in [3.05, 3.63) is 97.1 Å². The van der Waals surface area contributed by atoms with Gasteiger partial charge in [0.05, 0.1) is 11.4 Å². The predicted octanol–water partition coefficient (Wildman–Crippen LogP) is 7.67. The second-order valence-electron chi connectivity index (χ2n) is 5.72. The summed E-state index contributed by atoms with van der Waals surface area (Å²) in [6.45, 7) is 0. The molecule has 26 heavy (non-hydrogen) atoms. The van der Waals surface area contributed by atoms with Gasteiger partial charge < -0.3 is 0 Å². The number of nitrogens with zero attached hydrogens (tertiary/aromatic N) is 4. The summed E-state index contributed by atoms with van der Waals surface area (Å²) in [4.78, 5) is 0. The summed E-state index contributed by atoms with van der Waals surface area (Å²) in [6.07, 6.45) is 0. The minimum Gasteiger partial charge on any atom is -0.150 e. The van der Waals surface area contributed by atoms with Gasteiger partial charge in [-0.05, 0) is 35.7 Å². The molecule has 4 aromatic rings. The first-order valence-corrected chi connectivity index (χ1v) is 8.35. The van der Waals surface area contributed by atoms with Crippen LogP contribution in [0.4, 0.5) is 22.7 Å². The highest BCUT2D eigenvalue weighted by molar-refractivity contribution is 5.92. The molecule has 0 amide bonds. The fourth-order valence-electron chi connectivity index (χ4n) is 2.64. The van der Waals surface area contributed by atoms with Gasteiger partial charge in [0, 0.05) is 5.39 Å². The molecule has 4 aromatic carbocycles. The zero-order chi connectivity index (χ0) is 17.6. The van der Waals surface area contributed by atoms with Crippen molar-refractivity contribution in [3.63, 3.8) is 0 Å². The van der Waals surface area contributed by atoms with Crippen molar-refractivity contribution in [1.29, 1.82) is 0 Å². The molecule has 4 nitrogen and oxygen atoms in total. The SMILES string of the molecule is c1ccc(N=Nc2ccccc2N=Nc2cccc3ccccc23)cc1. The Balaban J connectivity index is 1.66. The van der Waals surface area contributed by atoms with E-state index >= 15 is 0 Å². The summed E-state index contributed by atoms with van der Waals surface area (Å²) in [5.41, 5.74) is 2.99. The smallest absolute Gasteiger partial charge is 0.113 e. The van der Waals surface area contributed by atoms with Crippen LogP contribution in [0.5, 0.6) is 0 Å². The van der Waals surface area contributed by atoms with Gasteiger partial charge in [-0.1, -0.05) is 66.7 Å². The molecule has 0 fully saturated rings. The van der Waals surface area contributed by atoms with Crippen molar-refractivity contribution in [3.8, 4) is 0 Å². The highest BCUT2D eigenvalue weighted by Gasteiger charge is 2.02. The summed E-state index contributed by atoms with van der Waals surface area (Å²) < 4.78 is 0. The lowest BCUT2D eigenvalue weighted by atomic mass is 10.1. The van der Waals surface area contributed by atoms with E-state index in [4.69, 9.17) is 0 Å². The predicted molar refractivity (Wildman–Crippen MR) is 105 cm³/mol. The third kappa shape index (κ3) is 3.54. The molecule has 0 aliphatic heterocycles. The zero-order valence-electron chi connectivity index (χ0n) is 14.0. The van der Waals surface area contributed by atoms with E-state index in [2.05, 4.69) is 32.6 Å². The zero-order valence-corrected chi connectivity index (χ0v) is 14.0. The van der Waals surface area contributed by atoms with Crippen molar-refractivity contribution in [1.82, 2.24) is 0 Å². The number of fused-ring (bicyclic) bond motifs is 1. The van der Waals surface area contributed by atoms with Gasteiger partial charge in [-0.2, -0.15) is 5.11 Å². The Hall–Kier alpha value is -3.66. The number of rotatable bonds is 4. The van der Waals surface area contributed by atoms with Crippen LogP contribution in [0.15, 0.2) is 118 Å². The maximum Gasteiger partial charge on any atom is 0.113 e. The molecule has 0 atom stereocenters. The van der Waals surface area contributed by atoms with E-state index in [1.165, 1.54) is 0 Å². The van der Waals surface area contributed by atoms with Crippen LogP contribution >= 0.6 is 0 Å². The van der Waals surface area contributed by atoms with E-state index in [9.17, 15) is 0 Å². The molecular weight excluding hydrogens is 320 g/mol. The Morgan fingerprint density at radius 1 is 0.385 bits per heavy atom. The molecule has 0 spiro atoms. The van der Waals surface area contributed by atoms with Crippen molar-refractivity contribution < 1.29 is 0 Å². The molecule has 0 unspecified atom stereocenters. The van der Waals surface area contributed by atoms with E-state index in [1.54, 1.807) is 0 Å². The Bertz CT molecular complexity index is 1080. The fraction of sp³-hybridized carbons (Fsp3) is 0. The molecule has 124 valence electrons. The van der Waals surface area contributed by atoms with Crippen LogP contribution in [-0.4, -0.2) is 0 Å². The fourth-order valence-corrected chi connectivity index (χ4v) is 2.64. The Morgan fingerprint density at radius 3 is 1.73 bits per heavy atom. The first-order valence-electron chi connectivity index (χ1n) is 8.35. The van der Waals surface area contributed by atoms with Crippen LogP contribution in [0.2, 0.25) is 0 Å². The molecule has 0 saturated carbocycles. The normalized spacial score (nSPS) is 11.5. The maximum absolute atomic E-state index is 4.44. The second kappa shape index (κ2) is 7.49. The first kappa shape index (κ1) is 15.8. The molecule has 4 heteroatoms. The van der Waals surface area contributed by atoms with Crippen molar-refractivity contribution in [2.45, 2.75) is 0 Å². The van der Waals surface area contributed by atoms with Crippen LogP contribution in [0.1, 0.15) is 0 Å². The minimum absolute atomic E-state index is 0.681. The summed E-state index contributed by atoms with van der Waals surface area (Å²) in [5, 5.41) is 19.7. The van der Waals surface area contributed by atoms with Crippen LogP contribution in [-0.2, 0) is 0 Å². The van der Waals surface area contributed by atoms with Gasteiger partial charge in [-0.15, -0.1) is 15.3 Å². The molecule has 0 saturated heterocycles. The third-order valence-corrected chi connectivity index (χ3v) is 3.94. The van der Waals surface area contributed by atoms with Crippen molar-refractivity contribution in [2.24, 2.45) is 20.5 Å². The van der Waals surface area contributed by atoms with E-state index < -0.39 is 0 Å². The van der Waals surface area contributed by atoms with Gasteiger partial charge in [0.15, 0.2) is 0 Å². The van der Waals surface area contributed by atoms with Crippen LogP contribution in [0, 0.1) is 0 Å². The van der Waals surface area contributed by atoms with E-state index in [1.807, 2.05) is 84.9 Å². The Kier molecular flexibility index (Phi) is 4.56. The van der Waals surface area contributed by atoms with Crippen LogP contribution < -0.4 is 0 Å². The Labute approximate surface area is 151 Å². The van der Waals surface area contributed by atoms with Crippen molar-refractivity contribution in [2.75, 3.05) is 0 Å². The minimum atomic E-state index is 0.681. The third-order valence-electron chi connectivity index (χ3n) is 3.94. The van der Waals surface area contributed by atoms with Crippen LogP contribution in [0.25, 0.3) is 10.8 Å². The highest BCUT2D eigenvalue weighted by Crippen LogP contribution is 2.32. The van der Waals surface area contributed by atoms with E-state index in [-0.39, 0.29) is 0 Å². The number of azo groups is 2. The van der Waals surface area contributed by atoms with Crippen LogP contribution in [0.3, 0.4) is 0 Å². The van der Waals surface area contributed by atoms with E-state index in [0.29, 0.717) is 11.4 Å². The van der Waals surface area contributed by atoms with Crippen molar-refractivity contribution >= 4 is 33.5 Å². The number of benzene rings is 4. The summed E-state index contributed by atoms with van der Waals surface area (Å²) >= 11 is 0. The lowest BCUT2D eigenvalue weighted by Crippen LogP contribution is -1.72. The van der Waals surface area contributed by atoms with Gasteiger partial charge >= 0.3 is 0 Å². The molecule has 0 aromatic heterocycles. The quantitative estimate of drug-likeness (QED) is 0.343. The topological polar surface area (TPSA) is 49.4 Å². The van der Waals surface area contributed by atoms with Gasteiger partial charge in [-0.25, -0.2) is 0 Å². The molecule has 0 radical (unpaired) electrons. The number of hydrogen-bond donors (Lipinski definition) is 0. The summed E-state index contributed by atoms with van der Waals surface area (Å²) in [5.74, 6) is 0. The molecule has 0 aliphatic carbocycles. The first-order chi connectivity index (χ1) is 12.9. The largest absolute Gasteiger partial charge is 0.150 e. The standard InChI is InChI=1S/C22H16N4/c1-2-11-18(12-3-1)23-25-21-14-6-7-15-22(21)26-24-20-16-8-10-17-9-4-5-13-19(17)20/h1-16H. The highest BCUT2D eigenvalue weighted by atomic mass is 15.2. The molecule has 0 N–H and O–H groups in total. The molecular formula is C22H16N4. The average molecular weight is 336 g/mol. The van der Waals surface area contributed by atoms with Gasteiger partial charge in [-0.3, -0.25) is 0 Å². The summed E-state index contributed by atoms with van der Waals surface area (Å²) in [6, 6.07) is 31.4. The average Bonchev–Trinajstić information content (AvgIpc) is 2.72. The Morgan fingerprint density at radius 2 is 0.923 bits per heavy atom.